The van der Waals surface area contributed by atoms with Crippen LogP contribution in [0.2, 0.25) is 0 Å². The minimum absolute atomic E-state index is 0.0375. The molecular weight excluding hydrogens is 331 g/mol. The molecule has 0 aliphatic rings. The molecule has 0 fully saturated rings. The van der Waals surface area contributed by atoms with E-state index in [-0.39, 0.29) is 36.6 Å². The van der Waals surface area contributed by atoms with E-state index >= 15 is 0 Å². The Morgan fingerprint density at radius 1 is 1.00 bits per heavy atom. The summed E-state index contributed by atoms with van der Waals surface area (Å²) in [4.78, 5) is 26.7. The van der Waals surface area contributed by atoms with Gasteiger partial charge in [0, 0.05) is 18.2 Å². The lowest BCUT2D eigenvalue weighted by molar-refractivity contribution is -0.140. The molecule has 0 radical (unpaired) electrons. The summed E-state index contributed by atoms with van der Waals surface area (Å²) in [6, 6.07) is 14.9. The summed E-state index contributed by atoms with van der Waals surface area (Å²) in [6.07, 6.45) is 0.161. The fourth-order valence-electron chi connectivity index (χ4n) is 2.67. The summed E-state index contributed by atoms with van der Waals surface area (Å²) >= 11 is 0. The highest BCUT2D eigenvalue weighted by molar-refractivity contribution is 5.88. The summed E-state index contributed by atoms with van der Waals surface area (Å²) in [5, 5.41) is 2.82. The first kappa shape index (κ1) is 19.6. The predicted octanol–water partition coefficient (Wildman–Crippen LogP) is 3.31. The number of halogens is 1. The fourth-order valence-corrected chi connectivity index (χ4v) is 2.67. The van der Waals surface area contributed by atoms with Gasteiger partial charge < -0.3 is 10.2 Å². The Labute approximate surface area is 154 Å². The van der Waals surface area contributed by atoms with Crippen molar-refractivity contribution in [2.24, 2.45) is 0 Å². The number of rotatable bonds is 7. The van der Waals surface area contributed by atoms with Gasteiger partial charge in [0.2, 0.25) is 11.8 Å². The Morgan fingerprint density at radius 3 is 2.23 bits per heavy atom. The van der Waals surface area contributed by atoms with Gasteiger partial charge in [0.15, 0.2) is 0 Å². The Kier molecular flexibility index (Phi) is 6.89. The summed E-state index contributed by atoms with van der Waals surface area (Å²) in [5.74, 6) is -0.856. The topological polar surface area (TPSA) is 49.4 Å². The summed E-state index contributed by atoms with van der Waals surface area (Å²) in [7, 11) is 0. The first-order valence-electron chi connectivity index (χ1n) is 8.75. The predicted molar refractivity (Wildman–Crippen MR) is 99.8 cm³/mol. The van der Waals surface area contributed by atoms with E-state index in [2.05, 4.69) is 5.32 Å². The molecule has 4 nitrogen and oxygen atoms in total. The lowest BCUT2D eigenvalue weighted by Crippen LogP contribution is -2.49. The van der Waals surface area contributed by atoms with Gasteiger partial charge in [-0.05, 0) is 32.4 Å². The molecule has 0 saturated heterocycles. The van der Waals surface area contributed by atoms with Crippen molar-refractivity contribution in [2.75, 3.05) is 0 Å². The van der Waals surface area contributed by atoms with E-state index in [1.54, 1.807) is 25.1 Å². The number of benzene rings is 2. The molecular formula is C21H25FN2O2. The Morgan fingerprint density at radius 2 is 1.62 bits per heavy atom. The van der Waals surface area contributed by atoms with Crippen molar-refractivity contribution >= 4 is 11.8 Å². The number of amides is 2. The van der Waals surface area contributed by atoms with Crippen LogP contribution in [0.15, 0.2) is 54.6 Å². The van der Waals surface area contributed by atoms with Gasteiger partial charge >= 0.3 is 0 Å². The zero-order chi connectivity index (χ0) is 19.1. The molecule has 2 aromatic carbocycles. The molecule has 0 aliphatic carbocycles. The minimum Gasteiger partial charge on any atom is -0.352 e. The first-order valence-corrected chi connectivity index (χ1v) is 8.75. The van der Waals surface area contributed by atoms with Crippen molar-refractivity contribution < 1.29 is 14.0 Å². The molecule has 0 bridgehead atoms. The van der Waals surface area contributed by atoms with Crippen LogP contribution in [0.5, 0.6) is 0 Å². The van der Waals surface area contributed by atoms with E-state index in [4.69, 9.17) is 0 Å². The molecule has 2 amide bonds. The third-order valence-corrected chi connectivity index (χ3v) is 4.09. The average molecular weight is 356 g/mol. The largest absolute Gasteiger partial charge is 0.352 e. The molecule has 2 rings (SSSR count). The van der Waals surface area contributed by atoms with Crippen LogP contribution in [0.25, 0.3) is 0 Å². The van der Waals surface area contributed by atoms with Crippen LogP contribution in [-0.4, -0.2) is 28.8 Å². The van der Waals surface area contributed by atoms with Gasteiger partial charge in [-0.2, -0.15) is 0 Å². The van der Waals surface area contributed by atoms with Crippen LogP contribution in [0.3, 0.4) is 0 Å². The number of hydrogen-bond donors (Lipinski definition) is 1. The first-order chi connectivity index (χ1) is 12.4. The molecule has 1 atom stereocenters. The molecule has 138 valence electrons. The Hall–Kier alpha value is -2.69. The molecule has 1 unspecified atom stereocenters. The van der Waals surface area contributed by atoms with Gasteiger partial charge in [0.05, 0.1) is 6.42 Å². The number of nitrogens with zero attached hydrogens (tertiary/aromatic N) is 1. The smallest absolute Gasteiger partial charge is 0.242 e. The highest BCUT2D eigenvalue weighted by Crippen LogP contribution is 2.15. The zero-order valence-corrected chi connectivity index (χ0v) is 15.4. The fraction of sp³-hybridized carbons (Fsp3) is 0.333. The Bertz CT molecular complexity index is 747. The van der Waals surface area contributed by atoms with Crippen molar-refractivity contribution in [3.05, 3.63) is 71.5 Å². The maximum atomic E-state index is 14.1. The standard InChI is InChI=1S/C21H25FN2O2/c1-15(2)23-21(26)16(3)24(14-18-11-7-8-12-19(18)22)20(25)13-17-9-5-4-6-10-17/h4-12,15-16H,13-14H2,1-3H3,(H,23,26). The van der Waals surface area contributed by atoms with Crippen LogP contribution in [0.1, 0.15) is 31.9 Å². The van der Waals surface area contributed by atoms with Crippen molar-refractivity contribution in [3.63, 3.8) is 0 Å². The van der Waals surface area contributed by atoms with Gasteiger partial charge in [-0.25, -0.2) is 4.39 Å². The summed E-state index contributed by atoms with van der Waals surface area (Å²) in [5.41, 5.74) is 1.24. The molecule has 1 N–H and O–H groups in total. The number of carbonyl (C=O) groups is 2. The zero-order valence-electron chi connectivity index (χ0n) is 15.4. The van der Waals surface area contributed by atoms with Crippen molar-refractivity contribution in [1.29, 1.82) is 0 Å². The molecule has 2 aromatic rings. The van der Waals surface area contributed by atoms with Crippen molar-refractivity contribution in [2.45, 2.75) is 45.8 Å². The maximum absolute atomic E-state index is 14.1. The summed E-state index contributed by atoms with van der Waals surface area (Å²) in [6.45, 7) is 5.43. The van der Waals surface area contributed by atoms with Crippen LogP contribution in [0.4, 0.5) is 4.39 Å². The van der Waals surface area contributed by atoms with Gasteiger partial charge in [0.25, 0.3) is 0 Å². The number of hydrogen-bond acceptors (Lipinski definition) is 2. The van der Waals surface area contributed by atoms with Crippen LogP contribution in [-0.2, 0) is 22.6 Å². The van der Waals surface area contributed by atoms with Crippen LogP contribution in [0, 0.1) is 5.82 Å². The van der Waals surface area contributed by atoms with E-state index in [0.717, 1.165) is 5.56 Å². The van der Waals surface area contributed by atoms with Gasteiger partial charge in [-0.1, -0.05) is 48.5 Å². The normalized spacial score (nSPS) is 11.9. The lowest BCUT2D eigenvalue weighted by atomic mass is 10.1. The average Bonchev–Trinajstić information content (AvgIpc) is 2.60. The molecule has 0 spiro atoms. The van der Waals surface area contributed by atoms with E-state index in [1.165, 1.54) is 11.0 Å². The SMILES string of the molecule is CC(C)NC(=O)C(C)N(Cc1ccccc1F)C(=O)Cc1ccccc1. The second kappa shape index (κ2) is 9.13. The van der Waals surface area contributed by atoms with Gasteiger partial charge in [0.1, 0.15) is 11.9 Å². The van der Waals surface area contributed by atoms with Crippen LogP contribution >= 0.6 is 0 Å². The highest BCUT2D eigenvalue weighted by Gasteiger charge is 2.27. The second-order valence-electron chi connectivity index (χ2n) is 6.61. The maximum Gasteiger partial charge on any atom is 0.242 e. The third kappa shape index (κ3) is 5.41. The monoisotopic (exact) mass is 356 g/mol. The summed E-state index contributed by atoms with van der Waals surface area (Å²) < 4.78 is 14.1. The molecule has 5 heteroatoms. The van der Waals surface area contributed by atoms with Crippen molar-refractivity contribution in [1.82, 2.24) is 10.2 Å². The molecule has 0 heterocycles. The molecule has 0 aromatic heterocycles. The molecule has 0 aliphatic heterocycles. The van der Waals surface area contributed by atoms with Gasteiger partial charge in [-0.3, -0.25) is 9.59 Å². The van der Waals surface area contributed by atoms with E-state index in [9.17, 15) is 14.0 Å². The number of nitrogens with one attached hydrogen (secondary N) is 1. The van der Waals surface area contributed by atoms with Crippen LogP contribution < -0.4 is 5.32 Å². The van der Waals surface area contributed by atoms with Gasteiger partial charge in [-0.15, -0.1) is 0 Å². The van der Waals surface area contributed by atoms with E-state index in [1.807, 2.05) is 44.2 Å². The molecule has 26 heavy (non-hydrogen) atoms. The number of carbonyl (C=O) groups excluding carboxylic acids is 2. The minimum atomic E-state index is -0.701. The quantitative estimate of drug-likeness (QED) is 0.827. The van der Waals surface area contributed by atoms with Crippen molar-refractivity contribution in [3.8, 4) is 0 Å². The highest BCUT2D eigenvalue weighted by atomic mass is 19.1. The molecule has 0 saturated carbocycles. The van der Waals surface area contributed by atoms with E-state index in [0.29, 0.717) is 5.56 Å². The third-order valence-electron chi connectivity index (χ3n) is 4.09. The second-order valence-corrected chi connectivity index (χ2v) is 6.61. The Balaban J connectivity index is 2.23. The lowest BCUT2D eigenvalue weighted by Gasteiger charge is -2.29. The van der Waals surface area contributed by atoms with E-state index < -0.39 is 6.04 Å².